The monoisotopic (exact) mass is 217 g/mol. The van der Waals surface area contributed by atoms with Crippen molar-refractivity contribution < 1.29 is 4.74 Å². The molecule has 2 heteroatoms. The van der Waals surface area contributed by atoms with Gasteiger partial charge in [0.05, 0.1) is 13.2 Å². The third-order valence-corrected chi connectivity index (χ3v) is 3.18. The molecule has 0 aliphatic heterocycles. The predicted octanol–water partition coefficient (Wildman–Crippen LogP) is 3.20. The molecule has 2 N–H and O–H groups in total. The molecule has 0 spiro atoms. The first-order valence-corrected chi connectivity index (χ1v) is 5.89. The van der Waals surface area contributed by atoms with E-state index in [4.69, 9.17) is 10.5 Å². The Balaban J connectivity index is 2.19. The van der Waals surface area contributed by atoms with Crippen molar-refractivity contribution in [2.75, 3.05) is 7.11 Å². The van der Waals surface area contributed by atoms with Crippen molar-refractivity contribution in [1.29, 1.82) is 0 Å². The lowest BCUT2D eigenvalue weighted by molar-refractivity contribution is 0.414. The number of hydrogen-bond acceptors (Lipinski definition) is 2. The molecule has 16 heavy (non-hydrogen) atoms. The predicted molar refractivity (Wildman–Crippen MR) is 66.5 cm³/mol. The second-order valence-electron chi connectivity index (χ2n) is 4.28. The molecule has 1 aromatic carbocycles. The van der Waals surface area contributed by atoms with Crippen LogP contribution in [0.4, 0.5) is 0 Å². The third kappa shape index (κ3) is 2.45. The molecule has 2 nitrogen and oxygen atoms in total. The number of nitrogens with two attached hydrogens (primary N) is 1. The van der Waals surface area contributed by atoms with E-state index in [1.165, 1.54) is 24.8 Å². The van der Waals surface area contributed by atoms with Gasteiger partial charge in [0.1, 0.15) is 5.75 Å². The van der Waals surface area contributed by atoms with Crippen molar-refractivity contribution in [3.63, 3.8) is 0 Å². The van der Waals surface area contributed by atoms with Crippen LogP contribution in [0.25, 0.3) is 0 Å². The Morgan fingerprint density at radius 3 is 2.88 bits per heavy atom. The summed E-state index contributed by atoms with van der Waals surface area (Å²) < 4.78 is 5.22. The van der Waals surface area contributed by atoms with Crippen LogP contribution in [0, 0.1) is 0 Å². The van der Waals surface area contributed by atoms with E-state index in [1.54, 1.807) is 7.11 Å². The topological polar surface area (TPSA) is 35.2 Å². The molecule has 0 heterocycles. The van der Waals surface area contributed by atoms with Gasteiger partial charge < -0.3 is 10.5 Å². The molecule has 1 atom stereocenters. The molecule has 0 saturated heterocycles. The van der Waals surface area contributed by atoms with E-state index in [-0.39, 0.29) is 6.04 Å². The molecular weight excluding hydrogens is 198 g/mol. The zero-order chi connectivity index (χ0) is 11.4. The number of methoxy groups -OCH3 is 1. The molecule has 0 fully saturated rings. The highest BCUT2D eigenvalue weighted by molar-refractivity contribution is 5.34. The van der Waals surface area contributed by atoms with Crippen LogP contribution in [0.1, 0.15) is 37.3 Å². The van der Waals surface area contributed by atoms with Crippen LogP contribution in [0.2, 0.25) is 0 Å². The molecule has 1 aliphatic carbocycles. The summed E-state index contributed by atoms with van der Waals surface area (Å²) in [5, 5.41) is 0. The maximum Gasteiger partial charge on any atom is 0.119 e. The van der Waals surface area contributed by atoms with Crippen LogP contribution in [0.15, 0.2) is 35.9 Å². The highest BCUT2D eigenvalue weighted by atomic mass is 16.5. The van der Waals surface area contributed by atoms with Crippen molar-refractivity contribution in [2.45, 2.75) is 31.7 Å². The maximum absolute atomic E-state index is 6.27. The molecule has 0 saturated carbocycles. The summed E-state index contributed by atoms with van der Waals surface area (Å²) in [4.78, 5) is 0. The van der Waals surface area contributed by atoms with E-state index in [0.29, 0.717) is 0 Å². The van der Waals surface area contributed by atoms with Gasteiger partial charge in [0, 0.05) is 0 Å². The SMILES string of the molecule is COc1cccc(C(N)C2=CCCCC2)c1. The Labute approximate surface area is 97.1 Å². The summed E-state index contributed by atoms with van der Waals surface area (Å²) in [6, 6.07) is 8.08. The van der Waals surface area contributed by atoms with Gasteiger partial charge in [-0.1, -0.05) is 23.8 Å². The number of rotatable bonds is 3. The Morgan fingerprint density at radius 2 is 2.19 bits per heavy atom. The summed E-state index contributed by atoms with van der Waals surface area (Å²) in [7, 11) is 1.69. The largest absolute Gasteiger partial charge is 0.497 e. The summed E-state index contributed by atoms with van der Waals surface area (Å²) in [6.07, 6.45) is 7.18. The first-order valence-electron chi connectivity index (χ1n) is 5.89. The molecule has 0 amide bonds. The zero-order valence-corrected chi connectivity index (χ0v) is 9.78. The van der Waals surface area contributed by atoms with E-state index < -0.39 is 0 Å². The Hall–Kier alpha value is -1.28. The van der Waals surface area contributed by atoms with Crippen LogP contribution in [-0.4, -0.2) is 7.11 Å². The summed E-state index contributed by atoms with van der Waals surface area (Å²) in [6.45, 7) is 0. The highest BCUT2D eigenvalue weighted by Gasteiger charge is 2.14. The van der Waals surface area contributed by atoms with Crippen molar-refractivity contribution in [2.24, 2.45) is 5.73 Å². The number of allylic oxidation sites excluding steroid dienone is 1. The standard InChI is InChI=1S/C14H19NO/c1-16-13-9-5-8-12(10-13)14(15)11-6-3-2-4-7-11/h5-6,8-10,14H,2-4,7,15H2,1H3. The highest BCUT2D eigenvalue weighted by Crippen LogP contribution is 2.29. The normalized spacial score (nSPS) is 17.8. The Bertz CT molecular complexity index is 384. The van der Waals surface area contributed by atoms with Gasteiger partial charge in [-0.3, -0.25) is 0 Å². The smallest absolute Gasteiger partial charge is 0.119 e. The fourth-order valence-electron chi connectivity index (χ4n) is 2.19. The van der Waals surface area contributed by atoms with Crippen LogP contribution in [0.3, 0.4) is 0 Å². The van der Waals surface area contributed by atoms with Crippen molar-refractivity contribution >= 4 is 0 Å². The molecule has 1 aromatic rings. The van der Waals surface area contributed by atoms with E-state index in [1.807, 2.05) is 18.2 Å². The molecule has 86 valence electrons. The summed E-state index contributed by atoms with van der Waals surface area (Å²) in [5.74, 6) is 0.879. The minimum Gasteiger partial charge on any atom is -0.497 e. The number of ether oxygens (including phenoxy) is 1. The molecule has 0 radical (unpaired) electrons. The van der Waals surface area contributed by atoms with Crippen molar-refractivity contribution in [3.8, 4) is 5.75 Å². The van der Waals surface area contributed by atoms with E-state index in [0.717, 1.165) is 17.7 Å². The summed E-state index contributed by atoms with van der Waals surface area (Å²) in [5.41, 5.74) is 8.79. The quantitative estimate of drug-likeness (QED) is 0.789. The molecular formula is C14H19NO. The van der Waals surface area contributed by atoms with E-state index >= 15 is 0 Å². The zero-order valence-electron chi connectivity index (χ0n) is 9.78. The Kier molecular flexibility index (Phi) is 3.62. The average molecular weight is 217 g/mol. The third-order valence-electron chi connectivity index (χ3n) is 3.18. The molecule has 2 rings (SSSR count). The lowest BCUT2D eigenvalue weighted by Gasteiger charge is -2.20. The maximum atomic E-state index is 6.27. The van der Waals surface area contributed by atoms with Gasteiger partial charge >= 0.3 is 0 Å². The lowest BCUT2D eigenvalue weighted by Crippen LogP contribution is -2.14. The second kappa shape index (κ2) is 5.17. The summed E-state index contributed by atoms with van der Waals surface area (Å²) >= 11 is 0. The Morgan fingerprint density at radius 1 is 1.31 bits per heavy atom. The average Bonchev–Trinajstić information content (AvgIpc) is 2.39. The second-order valence-corrected chi connectivity index (χ2v) is 4.28. The minimum absolute atomic E-state index is 0.0374. The van der Waals surface area contributed by atoms with Gasteiger partial charge in [0.25, 0.3) is 0 Å². The van der Waals surface area contributed by atoms with Gasteiger partial charge in [-0.15, -0.1) is 0 Å². The first kappa shape index (κ1) is 11.2. The molecule has 1 aliphatic rings. The fourth-order valence-corrected chi connectivity index (χ4v) is 2.19. The molecule has 0 aromatic heterocycles. The van der Waals surface area contributed by atoms with Gasteiger partial charge in [-0.2, -0.15) is 0 Å². The van der Waals surface area contributed by atoms with Gasteiger partial charge in [0.15, 0.2) is 0 Å². The van der Waals surface area contributed by atoms with Crippen LogP contribution < -0.4 is 10.5 Å². The fraction of sp³-hybridized carbons (Fsp3) is 0.429. The van der Waals surface area contributed by atoms with E-state index in [9.17, 15) is 0 Å². The van der Waals surface area contributed by atoms with Crippen molar-refractivity contribution in [1.82, 2.24) is 0 Å². The van der Waals surface area contributed by atoms with Gasteiger partial charge in [-0.05, 0) is 43.4 Å². The van der Waals surface area contributed by atoms with Crippen LogP contribution in [-0.2, 0) is 0 Å². The van der Waals surface area contributed by atoms with Gasteiger partial charge in [0.2, 0.25) is 0 Å². The number of benzene rings is 1. The van der Waals surface area contributed by atoms with Crippen molar-refractivity contribution in [3.05, 3.63) is 41.5 Å². The minimum atomic E-state index is 0.0374. The lowest BCUT2D eigenvalue weighted by atomic mass is 9.90. The van der Waals surface area contributed by atoms with E-state index in [2.05, 4.69) is 12.1 Å². The first-order chi connectivity index (χ1) is 7.81. The number of hydrogen-bond donors (Lipinski definition) is 1. The van der Waals surface area contributed by atoms with Crippen LogP contribution >= 0.6 is 0 Å². The molecule has 0 bridgehead atoms. The van der Waals surface area contributed by atoms with Crippen LogP contribution in [0.5, 0.6) is 5.75 Å². The molecule has 1 unspecified atom stereocenters. The van der Waals surface area contributed by atoms with Gasteiger partial charge in [-0.25, -0.2) is 0 Å².